The van der Waals surface area contributed by atoms with Crippen molar-refractivity contribution in [3.05, 3.63) is 35.3 Å². The average Bonchev–Trinajstić information content (AvgIpc) is 3.73. The monoisotopic (exact) mass is 724 g/mol. The van der Waals surface area contributed by atoms with Gasteiger partial charge in [0.1, 0.15) is 35.3 Å². The second-order valence-electron chi connectivity index (χ2n) is 9.89. The first-order valence-corrected chi connectivity index (χ1v) is 18.8. The number of imidazole rings is 2. The molecule has 0 spiro atoms. The maximum Gasteiger partial charge on any atom is 0.582 e. The molecule has 0 aliphatic carbocycles. The summed E-state index contributed by atoms with van der Waals surface area (Å²) in [5, 5.41) is 19.1. The summed E-state index contributed by atoms with van der Waals surface area (Å²) in [4.78, 5) is 42.2. The van der Waals surface area contributed by atoms with Crippen LogP contribution in [0.25, 0.3) is 22.3 Å². The SMILES string of the molecule is Nc1nc2c(ncn2[C@@H]2S[C@H](CO)[C@@H](O)[C@H]2OP(O)(=S)OC[C@H]2O[C@@H](n3cnc4c(N)ccnc43)[C@@H](F)[C@@H]2O[P+](=O)S)c(=O)[nH]1. The van der Waals surface area contributed by atoms with Gasteiger partial charge in [0.2, 0.25) is 5.95 Å². The van der Waals surface area contributed by atoms with E-state index >= 15 is 4.39 Å². The number of nitrogens with one attached hydrogen (secondary N) is 1. The number of nitrogens with zero attached hydrogens (tertiary/aromatic N) is 6. The Balaban J connectivity index is 1.22. The highest BCUT2D eigenvalue weighted by Gasteiger charge is 2.53. The Morgan fingerprint density at radius 3 is 2.69 bits per heavy atom. The van der Waals surface area contributed by atoms with Crippen molar-refractivity contribution in [2.24, 2.45) is 0 Å². The fraction of sp³-hybridized carbons (Fsp3) is 0.476. The fourth-order valence-corrected chi connectivity index (χ4v) is 8.82. The number of anilines is 2. The summed E-state index contributed by atoms with van der Waals surface area (Å²) in [5.41, 5.74) is 11.9. The Kier molecular flexibility index (Phi) is 9.20. The van der Waals surface area contributed by atoms with Crippen LogP contribution in [0.2, 0.25) is 0 Å². The molecule has 2 aliphatic rings. The van der Waals surface area contributed by atoms with Crippen molar-refractivity contribution in [1.29, 1.82) is 0 Å². The summed E-state index contributed by atoms with van der Waals surface area (Å²) < 4.78 is 52.6. The number of aromatic amines is 1. The lowest BCUT2D eigenvalue weighted by molar-refractivity contribution is -0.0448. The number of hydrogen-bond acceptors (Lipinski definition) is 16. The number of pyridine rings is 1. The third-order valence-corrected chi connectivity index (χ3v) is 10.9. The van der Waals surface area contributed by atoms with E-state index in [-0.39, 0.29) is 22.8 Å². The van der Waals surface area contributed by atoms with Gasteiger partial charge in [0, 0.05) is 6.20 Å². The number of aliphatic hydroxyl groups is 2. The van der Waals surface area contributed by atoms with Gasteiger partial charge >= 0.3 is 13.9 Å². The highest BCUT2D eigenvalue weighted by Crippen LogP contribution is 2.54. The molecule has 242 valence electrons. The molecule has 0 saturated carbocycles. The molecule has 24 heteroatoms. The van der Waals surface area contributed by atoms with E-state index in [2.05, 4.69) is 37.2 Å². The first-order chi connectivity index (χ1) is 21.4. The Labute approximate surface area is 266 Å². The number of rotatable bonds is 10. The number of H-pyrrole nitrogens is 1. The molecule has 6 heterocycles. The molecule has 2 saturated heterocycles. The van der Waals surface area contributed by atoms with Gasteiger partial charge in [-0.05, 0) is 22.4 Å². The number of nitrogens with two attached hydrogens (primary N) is 2. The van der Waals surface area contributed by atoms with Gasteiger partial charge in [0.25, 0.3) is 5.56 Å². The zero-order valence-corrected chi connectivity index (χ0v) is 26.8. The number of thiol groups is 1. The van der Waals surface area contributed by atoms with Crippen LogP contribution >= 0.6 is 38.0 Å². The van der Waals surface area contributed by atoms with Crippen LogP contribution in [0, 0.1) is 0 Å². The standard InChI is InChI=1S/C21H24FN9O9P2S3/c22-10-14(39-41(35)43)8(38-19(10)30-5-26-11-7(23)1-2-25-16(11)30)4-37-42(36,44)40-15-13(33)9(3-32)45-20(15)31-6-27-12-17(31)28-21(24)29-18(12)34/h1-2,5-6,8-10,13-15,19-20,32-33H,3-4H2,(H6-,23,24,25,28,29,34,35,36,43,44)/p+1/t8-,9-,10+,13-,14-,15-,19-,20-,42?/m1/s1. The first-order valence-electron chi connectivity index (χ1n) is 12.9. The van der Waals surface area contributed by atoms with Crippen LogP contribution in [0.5, 0.6) is 0 Å². The number of alkyl halides is 1. The van der Waals surface area contributed by atoms with E-state index in [0.717, 1.165) is 11.8 Å². The number of aliphatic hydroxyl groups excluding tert-OH is 2. The van der Waals surface area contributed by atoms with Gasteiger partial charge in [0.05, 0.1) is 42.9 Å². The highest BCUT2D eigenvalue weighted by atomic mass is 32.7. The lowest BCUT2D eigenvalue weighted by Crippen LogP contribution is -2.35. The molecule has 4 aromatic heterocycles. The number of nitrogen functional groups attached to an aromatic ring is 2. The van der Waals surface area contributed by atoms with E-state index in [4.69, 9.17) is 41.6 Å². The molecular weight excluding hydrogens is 699 g/mol. The predicted molar refractivity (Wildman–Crippen MR) is 166 cm³/mol. The molecule has 2 fully saturated rings. The third kappa shape index (κ3) is 6.22. The molecule has 0 amide bonds. The van der Waals surface area contributed by atoms with Crippen molar-refractivity contribution >= 4 is 83.7 Å². The molecule has 0 bridgehead atoms. The van der Waals surface area contributed by atoms with Crippen LogP contribution in [0.1, 0.15) is 11.6 Å². The number of hydrogen-bond donors (Lipinski definition) is 7. The van der Waals surface area contributed by atoms with Crippen molar-refractivity contribution in [2.45, 2.75) is 47.4 Å². The van der Waals surface area contributed by atoms with E-state index in [9.17, 15) is 24.5 Å². The number of halogens is 1. The van der Waals surface area contributed by atoms with Crippen molar-refractivity contribution in [3.63, 3.8) is 0 Å². The lowest BCUT2D eigenvalue weighted by Gasteiger charge is -2.27. The molecular formula is C21H25FN9O9P2S3+. The quantitative estimate of drug-likeness (QED) is 0.0868. The van der Waals surface area contributed by atoms with Crippen molar-refractivity contribution in [2.75, 3.05) is 24.7 Å². The van der Waals surface area contributed by atoms with Crippen LogP contribution < -0.4 is 17.0 Å². The van der Waals surface area contributed by atoms with Crippen molar-refractivity contribution < 1.29 is 42.4 Å². The smallest absolute Gasteiger partial charge is 0.397 e. The molecule has 6 rings (SSSR count). The largest absolute Gasteiger partial charge is 0.582 e. The predicted octanol–water partition coefficient (Wildman–Crippen LogP) is 0.523. The third-order valence-electron chi connectivity index (χ3n) is 7.12. The molecule has 0 aromatic carbocycles. The van der Waals surface area contributed by atoms with Gasteiger partial charge in [0.15, 0.2) is 35.3 Å². The van der Waals surface area contributed by atoms with Gasteiger partial charge in [-0.25, -0.2) is 19.3 Å². The average molecular weight is 725 g/mol. The number of ether oxygens (including phenoxy) is 1. The van der Waals surface area contributed by atoms with Gasteiger partial charge in [-0.1, -0.05) is 0 Å². The van der Waals surface area contributed by atoms with Gasteiger partial charge in [-0.3, -0.25) is 23.4 Å². The lowest BCUT2D eigenvalue weighted by atomic mass is 10.1. The molecule has 8 N–H and O–H groups in total. The molecule has 0 radical (unpaired) electrons. The van der Waals surface area contributed by atoms with E-state index in [1.54, 1.807) is 0 Å². The first kappa shape index (κ1) is 32.6. The fourth-order valence-electron chi connectivity index (χ4n) is 5.11. The second-order valence-corrected chi connectivity index (χ2v) is 15.7. The summed E-state index contributed by atoms with van der Waals surface area (Å²) in [6.07, 6.45) is -4.79. The normalized spacial score (nSPS) is 30.3. The molecule has 4 aromatic rings. The number of thioether (sulfide) groups is 1. The van der Waals surface area contributed by atoms with Crippen LogP contribution in [0.15, 0.2) is 29.7 Å². The number of aromatic nitrogens is 7. The molecule has 2 aliphatic heterocycles. The second kappa shape index (κ2) is 12.7. The minimum atomic E-state index is -4.26. The van der Waals surface area contributed by atoms with E-state index in [1.165, 1.54) is 34.1 Å². The Hall–Kier alpha value is -2.33. The molecule has 18 nitrogen and oxygen atoms in total. The van der Waals surface area contributed by atoms with E-state index < -0.39 is 80.2 Å². The zero-order valence-electron chi connectivity index (χ0n) is 22.5. The van der Waals surface area contributed by atoms with Gasteiger partial charge in [-0.2, -0.15) is 4.98 Å². The topological polar surface area (TPSA) is 261 Å². The summed E-state index contributed by atoms with van der Waals surface area (Å²) >= 11 is 10.0. The van der Waals surface area contributed by atoms with E-state index in [0.29, 0.717) is 11.2 Å². The summed E-state index contributed by atoms with van der Waals surface area (Å²) in [5.74, 6) is -0.187. The van der Waals surface area contributed by atoms with E-state index in [1.807, 2.05) is 0 Å². The Morgan fingerprint density at radius 2 is 1.96 bits per heavy atom. The summed E-state index contributed by atoms with van der Waals surface area (Å²) in [6.45, 7) is -5.33. The Morgan fingerprint density at radius 1 is 1.22 bits per heavy atom. The molecule has 2 unspecified atom stereocenters. The van der Waals surface area contributed by atoms with Crippen LogP contribution in [-0.4, -0.2) is 98.2 Å². The summed E-state index contributed by atoms with van der Waals surface area (Å²) in [7, 11) is -2.60. The zero-order chi connectivity index (χ0) is 32.2. The van der Waals surface area contributed by atoms with Crippen LogP contribution in [-0.2, 0) is 34.7 Å². The molecule has 45 heavy (non-hydrogen) atoms. The van der Waals surface area contributed by atoms with Gasteiger partial charge in [-0.15, -0.1) is 16.3 Å². The molecule has 10 atom stereocenters. The summed E-state index contributed by atoms with van der Waals surface area (Å²) in [6, 6.07) is 1.53. The van der Waals surface area contributed by atoms with Crippen LogP contribution in [0.4, 0.5) is 16.0 Å². The van der Waals surface area contributed by atoms with Crippen LogP contribution in [0.3, 0.4) is 0 Å². The highest BCUT2D eigenvalue weighted by molar-refractivity contribution is 8.39. The maximum atomic E-state index is 15.7. The van der Waals surface area contributed by atoms with Gasteiger partial charge < -0.3 is 35.8 Å². The number of fused-ring (bicyclic) bond motifs is 2. The Bertz CT molecular complexity index is 1870. The maximum absolute atomic E-state index is 15.7. The van der Waals surface area contributed by atoms with Crippen molar-refractivity contribution in [1.82, 2.24) is 34.1 Å². The minimum absolute atomic E-state index is 0.0454. The minimum Gasteiger partial charge on any atom is -0.397 e. The van der Waals surface area contributed by atoms with Crippen molar-refractivity contribution in [3.8, 4) is 0 Å².